The highest BCUT2D eigenvalue weighted by molar-refractivity contribution is 7.92. The molecule has 1 heterocycles. The van der Waals surface area contributed by atoms with Gasteiger partial charge in [-0.15, -0.1) is 0 Å². The van der Waals surface area contributed by atoms with E-state index in [2.05, 4.69) is 20.0 Å². The molecule has 2 bridgehead atoms. The molecule has 0 unspecified atom stereocenters. The Morgan fingerprint density at radius 2 is 1.81 bits per heavy atom. The molecule has 142 valence electrons. The second-order valence-corrected chi connectivity index (χ2v) is 9.07. The zero-order chi connectivity index (χ0) is 18.9. The van der Waals surface area contributed by atoms with Crippen LogP contribution in [0.15, 0.2) is 47.6 Å². The van der Waals surface area contributed by atoms with E-state index in [0.717, 1.165) is 5.92 Å². The first kappa shape index (κ1) is 17.9. The van der Waals surface area contributed by atoms with Gasteiger partial charge in [-0.2, -0.15) is 0 Å². The SMILES string of the molecule is O=C(C[C@@H]1C[C@H]2CC[C@@H]1C2)Nc1ccc(S(=O)(=O)Nc2ncccn2)cc1. The van der Waals surface area contributed by atoms with Crippen molar-refractivity contribution in [1.29, 1.82) is 0 Å². The molecule has 2 fully saturated rings. The summed E-state index contributed by atoms with van der Waals surface area (Å²) in [5.74, 6) is 2.04. The van der Waals surface area contributed by atoms with E-state index in [1.165, 1.54) is 50.2 Å². The van der Waals surface area contributed by atoms with E-state index >= 15 is 0 Å². The van der Waals surface area contributed by atoms with E-state index in [1.807, 2.05) is 0 Å². The van der Waals surface area contributed by atoms with Crippen LogP contribution in [-0.2, 0) is 14.8 Å². The van der Waals surface area contributed by atoms with Crippen molar-refractivity contribution in [2.24, 2.45) is 17.8 Å². The number of fused-ring (bicyclic) bond motifs is 2. The Bertz CT molecular complexity index is 916. The minimum Gasteiger partial charge on any atom is -0.326 e. The average molecular weight is 386 g/mol. The van der Waals surface area contributed by atoms with Gasteiger partial charge in [0.1, 0.15) is 0 Å². The number of benzene rings is 1. The van der Waals surface area contributed by atoms with Crippen molar-refractivity contribution in [3.63, 3.8) is 0 Å². The highest BCUT2D eigenvalue weighted by Crippen LogP contribution is 2.49. The maximum Gasteiger partial charge on any atom is 0.264 e. The fourth-order valence-electron chi connectivity index (χ4n) is 4.32. The van der Waals surface area contributed by atoms with Crippen molar-refractivity contribution in [2.45, 2.75) is 37.0 Å². The van der Waals surface area contributed by atoms with E-state index in [4.69, 9.17) is 0 Å². The summed E-state index contributed by atoms with van der Waals surface area (Å²) in [5, 5.41) is 2.88. The third-order valence-electron chi connectivity index (χ3n) is 5.57. The van der Waals surface area contributed by atoms with Crippen molar-refractivity contribution in [2.75, 3.05) is 10.0 Å². The molecule has 2 aliphatic rings. The molecular weight excluding hydrogens is 364 g/mol. The number of carbonyl (C=O) groups excluding carboxylic acids is 1. The third-order valence-corrected chi connectivity index (χ3v) is 6.92. The van der Waals surface area contributed by atoms with Gasteiger partial charge in [0.15, 0.2) is 0 Å². The third kappa shape index (κ3) is 4.10. The van der Waals surface area contributed by atoms with Gasteiger partial charge in [0.05, 0.1) is 4.90 Å². The minimum atomic E-state index is -3.77. The number of rotatable bonds is 6. The van der Waals surface area contributed by atoms with Gasteiger partial charge in [-0.05, 0) is 67.3 Å². The predicted molar refractivity (Wildman–Crippen MR) is 101 cm³/mol. The fraction of sp³-hybridized carbons (Fsp3) is 0.421. The second kappa shape index (κ2) is 7.26. The lowest BCUT2D eigenvalue weighted by Gasteiger charge is -2.20. The van der Waals surface area contributed by atoms with Gasteiger partial charge in [0.2, 0.25) is 11.9 Å². The first-order valence-electron chi connectivity index (χ1n) is 9.19. The van der Waals surface area contributed by atoms with E-state index in [1.54, 1.807) is 18.2 Å². The first-order chi connectivity index (χ1) is 13.0. The van der Waals surface area contributed by atoms with Crippen LogP contribution < -0.4 is 10.0 Å². The molecule has 27 heavy (non-hydrogen) atoms. The van der Waals surface area contributed by atoms with Crippen LogP contribution in [0.4, 0.5) is 11.6 Å². The number of sulfonamides is 1. The van der Waals surface area contributed by atoms with Crippen molar-refractivity contribution in [1.82, 2.24) is 9.97 Å². The molecule has 1 aromatic heterocycles. The summed E-state index contributed by atoms with van der Waals surface area (Å²) >= 11 is 0. The summed E-state index contributed by atoms with van der Waals surface area (Å²) in [6.45, 7) is 0. The van der Waals surface area contributed by atoms with Crippen LogP contribution in [0.2, 0.25) is 0 Å². The summed E-state index contributed by atoms with van der Waals surface area (Å²) in [7, 11) is -3.77. The Morgan fingerprint density at radius 3 is 2.44 bits per heavy atom. The molecule has 2 aliphatic carbocycles. The van der Waals surface area contributed by atoms with E-state index in [9.17, 15) is 13.2 Å². The van der Waals surface area contributed by atoms with Crippen molar-refractivity contribution in [3.8, 4) is 0 Å². The van der Waals surface area contributed by atoms with Crippen molar-refractivity contribution in [3.05, 3.63) is 42.7 Å². The topological polar surface area (TPSA) is 101 Å². The van der Waals surface area contributed by atoms with Gasteiger partial charge in [0.25, 0.3) is 10.0 Å². The summed E-state index contributed by atoms with van der Waals surface area (Å²) in [6.07, 6.45) is 8.49. The quantitative estimate of drug-likeness (QED) is 0.795. The Kier molecular flexibility index (Phi) is 4.82. The van der Waals surface area contributed by atoms with Crippen LogP contribution >= 0.6 is 0 Å². The number of anilines is 2. The molecule has 2 N–H and O–H groups in total. The van der Waals surface area contributed by atoms with Crippen LogP contribution in [-0.4, -0.2) is 24.3 Å². The highest BCUT2D eigenvalue weighted by atomic mass is 32.2. The summed E-state index contributed by atoms with van der Waals surface area (Å²) in [5.41, 5.74) is 0.595. The number of nitrogens with zero attached hydrogens (tertiary/aromatic N) is 2. The van der Waals surface area contributed by atoms with Gasteiger partial charge < -0.3 is 5.32 Å². The molecule has 0 aliphatic heterocycles. The second-order valence-electron chi connectivity index (χ2n) is 7.39. The van der Waals surface area contributed by atoms with Gasteiger partial charge in [0, 0.05) is 24.5 Å². The monoisotopic (exact) mass is 386 g/mol. The maximum absolute atomic E-state index is 12.4. The maximum atomic E-state index is 12.4. The molecule has 2 saturated carbocycles. The Morgan fingerprint density at radius 1 is 1.07 bits per heavy atom. The van der Waals surface area contributed by atoms with Gasteiger partial charge >= 0.3 is 0 Å². The minimum absolute atomic E-state index is 0.000956. The molecule has 1 aromatic carbocycles. The lowest BCUT2D eigenvalue weighted by molar-refractivity contribution is -0.117. The lowest BCUT2D eigenvalue weighted by Crippen LogP contribution is -2.20. The largest absolute Gasteiger partial charge is 0.326 e. The molecule has 8 heteroatoms. The van der Waals surface area contributed by atoms with E-state index < -0.39 is 10.0 Å². The van der Waals surface area contributed by atoms with Crippen LogP contribution in [0.5, 0.6) is 0 Å². The molecule has 3 atom stereocenters. The van der Waals surface area contributed by atoms with Crippen LogP contribution in [0, 0.1) is 17.8 Å². The van der Waals surface area contributed by atoms with Crippen molar-refractivity contribution >= 4 is 27.6 Å². The fourth-order valence-corrected chi connectivity index (χ4v) is 5.28. The Hall–Kier alpha value is -2.48. The summed E-state index contributed by atoms with van der Waals surface area (Å²) < 4.78 is 27.0. The number of amides is 1. The normalized spacial score (nSPS) is 23.9. The molecular formula is C19H22N4O3S. The summed E-state index contributed by atoms with van der Waals surface area (Å²) in [6, 6.07) is 7.71. The number of hydrogen-bond acceptors (Lipinski definition) is 5. The van der Waals surface area contributed by atoms with Crippen molar-refractivity contribution < 1.29 is 13.2 Å². The number of hydrogen-bond donors (Lipinski definition) is 2. The molecule has 1 amide bonds. The Labute approximate surface area is 158 Å². The highest BCUT2D eigenvalue weighted by Gasteiger charge is 2.40. The average Bonchev–Trinajstić information content (AvgIpc) is 3.25. The number of aromatic nitrogens is 2. The molecule has 4 rings (SSSR count). The summed E-state index contributed by atoms with van der Waals surface area (Å²) in [4.78, 5) is 20.1. The molecule has 0 radical (unpaired) electrons. The smallest absolute Gasteiger partial charge is 0.264 e. The standard InChI is InChI=1S/C19H22N4O3S/c24-18(12-15-11-13-2-3-14(15)10-13)22-16-4-6-17(7-5-16)27(25,26)23-19-20-8-1-9-21-19/h1,4-9,13-15H,2-3,10-12H2,(H,22,24)(H,20,21,23)/t13-,14+,15-/m0/s1. The molecule has 0 spiro atoms. The Balaban J connectivity index is 1.36. The lowest BCUT2D eigenvalue weighted by atomic mass is 9.86. The molecule has 0 saturated heterocycles. The first-order valence-corrected chi connectivity index (χ1v) is 10.7. The van der Waals surface area contributed by atoms with Crippen LogP contribution in [0.3, 0.4) is 0 Å². The van der Waals surface area contributed by atoms with E-state index in [0.29, 0.717) is 23.9 Å². The number of carbonyl (C=O) groups is 1. The zero-order valence-electron chi connectivity index (χ0n) is 14.8. The predicted octanol–water partition coefficient (Wildman–Crippen LogP) is 3.04. The van der Waals surface area contributed by atoms with Gasteiger partial charge in [-0.1, -0.05) is 6.42 Å². The zero-order valence-corrected chi connectivity index (χ0v) is 15.7. The number of nitrogens with one attached hydrogen (secondary N) is 2. The van der Waals surface area contributed by atoms with Gasteiger partial charge in [-0.3, -0.25) is 4.79 Å². The van der Waals surface area contributed by atoms with Crippen LogP contribution in [0.25, 0.3) is 0 Å². The molecule has 2 aromatic rings. The van der Waals surface area contributed by atoms with Gasteiger partial charge in [-0.25, -0.2) is 23.1 Å². The van der Waals surface area contributed by atoms with E-state index in [-0.39, 0.29) is 16.8 Å². The van der Waals surface area contributed by atoms with Crippen LogP contribution in [0.1, 0.15) is 32.1 Å². The molecule has 7 nitrogen and oxygen atoms in total.